The summed E-state index contributed by atoms with van der Waals surface area (Å²) in [7, 11) is 1.75. The molecule has 0 radical (unpaired) electrons. The SMILES string of the molecule is CN(Cc1cc(Cl)cc(Cl)c1)C(=O)c1ccc(Br)cc1. The van der Waals surface area contributed by atoms with Crippen molar-refractivity contribution in [1.29, 1.82) is 0 Å². The molecule has 5 heteroatoms. The number of benzene rings is 2. The summed E-state index contributed by atoms with van der Waals surface area (Å²) in [4.78, 5) is 13.9. The van der Waals surface area contributed by atoms with Gasteiger partial charge >= 0.3 is 0 Å². The number of nitrogens with zero attached hydrogens (tertiary/aromatic N) is 1. The van der Waals surface area contributed by atoms with Crippen LogP contribution in [0.25, 0.3) is 0 Å². The lowest BCUT2D eigenvalue weighted by atomic mass is 10.1. The van der Waals surface area contributed by atoms with Gasteiger partial charge in [-0.15, -0.1) is 0 Å². The number of amides is 1. The van der Waals surface area contributed by atoms with Crippen LogP contribution in [0, 0.1) is 0 Å². The molecule has 2 aromatic carbocycles. The molecular weight excluding hydrogens is 361 g/mol. The normalized spacial score (nSPS) is 10.4. The number of hydrogen-bond acceptors (Lipinski definition) is 1. The molecule has 0 aliphatic heterocycles. The van der Waals surface area contributed by atoms with E-state index in [2.05, 4.69) is 15.9 Å². The lowest BCUT2D eigenvalue weighted by Gasteiger charge is -2.17. The van der Waals surface area contributed by atoms with Crippen LogP contribution in [0.4, 0.5) is 0 Å². The first kappa shape index (κ1) is 15.4. The summed E-state index contributed by atoms with van der Waals surface area (Å²) in [5, 5.41) is 1.13. The topological polar surface area (TPSA) is 20.3 Å². The van der Waals surface area contributed by atoms with Crippen molar-refractivity contribution in [3.05, 3.63) is 68.1 Å². The quantitative estimate of drug-likeness (QED) is 0.739. The smallest absolute Gasteiger partial charge is 0.253 e. The predicted molar refractivity (Wildman–Crippen MR) is 86.4 cm³/mol. The summed E-state index contributed by atoms with van der Waals surface area (Å²) in [5.41, 5.74) is 1.54. The summed E-state index contributed by atoms with van der Waals surface area (Å²) in [6.45, 7) is 0.454. The summed E-state index contributed by atoms with van der Waals surface area (Å²) >= 11 is 15.3. The maximum absolute atomic E-state index is 12.3. The van der Waals surface area contributed by atoms with Crippen LogP contribution in [-0.4, -0.2) is 17.9 Å². The highest BCUT2D eigenvalue weighted by Gasteiger charge is 2.12. The van der Waals surface area contributed by atoms with Gasteiger partial charge in [-0.2, -0.15) is 0 Å². The molecule has 0 aliphatic rings. The van der Waals surface area contributed by atoms with Crippen LogP contribution in [0.1, 0.15) is 15.9 Å². The van der Waals surface area contributed by atoms with Crippen LogP contribution >= 0.6 is 39.1 Å². The van der Waals surface area contributed by atoms with Gasteiger partial charge in [-0.3, -0.25) is 4.79 Å². The molecule has 0 aliphatic carbocycles. The van der Waals surface area contributed by atoms with Crippen molar-refractivity contribution in [3.8, 4) is 0 Å². The molecule has 0 unspecified atom stereocenters. The number of halogens is 3. The zero-order valence-corrected chi connectivity index (χ0v) is 13.8. The van der Waals surface area contributed by atoms with E-state index in [1.165, 1.54) is 0 Å². The van der Waals surface area contributed by atoms with Gasteiger partial charge in [0.2, 0.25) is 0 Å². The van der Waals surface area contributed by atoms with Gasteiger partial charge in [-0.1, -0.05) is 39.1 Å². The molecule has 0 N–H and O–H groups in total. The number of rotatable bonds is 3. The molecule has 2 nitrogen and oxygen atoms in total. The van der Waals surface area contributed by atoms with Crippen molar-refractivity contribution >= 4 is 45.0 Å². The molecule has 0 aromatic heterocycles. The molecule has 0 saturated carbocycles. The third kappa shape index (κ3) is 3.98. The summed E-state index contributed by atoms with van der Waals surface area (Å²) < 4.78 is 0.943. The average molecular weight is 373 g/mol. The van der Waals surface area contributed by atoms with E-state index in [0.29, 0.717) is 22.2 Å². The van der Waals surface area contributed by atoms with Gasteiger partial charge in [0.1, 0.15) is 0 Å². The first-order chi connectivity index (χ1) is 9.45. The summed E-state index contributed by atoms with van der Waals surface area (Å²) in [5.74, 6) is -0.0476. The van der Waals surface area contributed by atoms with Crippen LogP contribution in [0.15, 0.2) is 46.9 Å². The Bertz CT molecular complexity index is 608. The minimum absolute atomic E-state index is 0.0476. The Balaban J connectivity index is 2.13. The van der Waals surface area contributed by atoms with Crippen LogP contribution < -0.4 is 0 Å². The Hall–Kier alpha value is -1.03. The van der Waals surface area contributed by atoms with E-state index in [-0.39, 0.29) is 5.91 Å². The highest BCUT2D eigenvalue weighted by atomic mass is 79.9. The fourth-order valence-electron chi connectivity index (χ4n) is 1.86. The van der Waals surface area contributed by atoms with E-state index in [9.17, 15) is 4.79 Å². The van der Waals surface area contributed by atoms with Gasteiger partial charge in [-0.05, 0) is 48.0 Å². The van der Waals surface area contributed by atoms with Gasteiger partial charge in [0, 0.05) is 33.7 Å². The lowest BCUT2D eigenvalue weighted by molar-refractivity contribution is 0.0785. The maximum Gasteiger partial charge on any atom is 0.253 e. The highest BCUT2D eigenvalue weighted by molar-refractivity contribution is 9.10. The van der Waals surface area contributed by atoms with Gasteiger partial charge in [-0.25, -0.2) is 0 Å². The molecule has 2 aromatic rings. The fourth-order valence-corrected chi connectivity index (χ4v) is 2.70. The van der Waals surface area contributed by atoms with E-state index in [0.717, 1.165) is 10.0 Å². The van der Waals surface area contributed by atoms with Crippen molar-refractivity contribution < 1.29 is 4.79 Å². The first-order valence-electron chi connectivity index (χ1n) is 5.92. The molecule has 0 bridgehead atoms. The monoisotopic (exact) mass is 371 g/mol. The average Bonchev–Trinajstić information content (AvgIpc) is 2.37. The Morgan fingerprint density at radius 1 is 1.10 bits per heavy atom. The van der Waals surface area contributed by atoms with Crippen LogP contribution in [0.5, 0.6) is 0 Å². The van der Waals surface area contributed by atoms with Gasteiger partial charge in [0.15, 0.2) is 0 Å². The Morgan fingerprint density at radius 2 is 1.65 bits per heavy atom. The van der Waals surface area contributed by atoms with Crippen molar-refractivity contribution in [1.82, 2.24) is 4.90 Å². The molecule has 2 rings (SSSR count). The molecular formula is C15H12BrCl2NO. The minimum Gasteiger partial charge on any atom is -0.337 e. The molecule has 1 amide bonds. The zero-order chi connectivity index (χ0) is 14.7. The fraction of sp³-hybridized carbons (Fsp3) is 0.133. The van der Waals surface area contributed by atoms with Crippen LogP contribution in [-0.2, 0) is 6.54 Å². The maximum atomic E-state index is 12.3. The summed E-state index contributed by atoms with van der Waals surface area (Å²) in [6, 6.07) is 12.5. The second-order valence-corrected chi connectivity index (χ2v) is 6.23. The standard InChI is InChI=1S/C15H12BrCl2NO/c1-19(9-10-6-13(17)8-14(18)7-10)15(20)11-2-4-12(16)5-3-11/h2-8H,9H2,1H3. The van der Waals surface area contributed by atoms with Gasteiger partial charge in [0.25, 0.3) is 5.91 Å². The number of hydrogen-bond donors (Lipinski definition) is 0. The second-order valence-electron chi connectivity index (χ2n) is 4.45. The van der Waals surface area contributed by atoms with E-state index in [4.69, 9.17) is 23.2 Å². The van der Waals surface area contributed by atoms with E-state index in [1.54, 1.807) is 42.3 Å². The Kier molecular flexibility index (Phi) is 5.08. The third-order valence-electron chi connectivity index (χ3n) is 2.78. The van der Waals surface area contributed by atoms with Crippen LogP contribution in [0.2, 0.25) is 10.0 Å². The number of carbonyl (C=O) groups is 1. The minimum atomic E-state index is -0.0476. The summed E-state index contributed by atoms with van der Waals surface area (Å²) in [6.07, 6.45) is 0. The van der Waals surface area contributed by atoms with Crippen molar-refractivity contribution in [3.63, 3.8) is 0 Å². The van der Waals surface area contributed by atoms with E-state index >= 15 is 0 Å². The first-order valence-corrected chi connectivity index (χ1v) is 7.46. The molecule has 0 heterocycles. The number of carbonyl (C=O) groups excluding carboxylic acids is 1. The third-order valence-corrected chi connectivity index (χ3v) is 3.75. The van der Waals surface area contributed by atoms with Crippen molar-refractivity contribution in [2.75, 3.05) is 7.05 Å². The largest absolute Gasteiger partial charge is 0.337 e. The predicted octanol–water partition coefficient (Wildman–Crippen LogP) is 5.03. The van der Waals surface area contributed by atoms with Gasteiger partial charge in [0.05, 0.1) is 0 Å². The molecule has 0 fully saturated rings. The van der Waals surface area contributed by atoms with Crippen molar-refractivity contribution in [2.24, 2.45) is 0 Å². The second kappa shape index (κ2) is 6.61. The highest BCUT2D eigenvalue weighted by Crippen LogP contribution is 2.20. The van der Waals surface area contributed by atoms with E-state index < -0.39 is 0 Å². The van der Waals surface area contributed by atoms with Crippen molar-refractivity contribution in [2.45, 2.75) is 6.54 Å². The molecule has 0 spiro atoms. The Morgan fingerprint density at radius 3 is 2.20 bits per heavy atom. The molecule has 0 atom stereocenters. The van der Waals surface area contributed by atoms with Crippen LogP contribution in [0.3, 0.4) is 0 Å². The van der Waals surface area contributed by atoms with E-state index in [1.807, 2.05) is 12.1 Å². The lowest BCUT2D eigenvalue weighted by Crippen LogP contribution is -2.26. The molecule has 20 heavy (non-hydrogen) atoms. The Labute approximate surface area is 136 Å². The zero-order valence-electron chi connectivity index (χ0n) is 10.7. The molecule has 0 saturated heterocycles. The van der Waals surface area contributed by atoms with Gasteiger partial charge < -0.3 is 4.90 Å². The molecule has 104 valence electrons.